The molecule has 7 heteroatoms. The summed E-state index contributed by atoms with van der Waals surface area (Å²) in [4.78, 5) is 27.8. The lowest BCUT2D eigenvalue weighted by Crippen LogP contribution is -2.55. The maximum absolute atomic E-state index is 12.6. The van der Waals surface area contributed by atoms with E-state index in [1.165, 1.54) is 0 Å². The third-order valence-corrected chi connectivity index (χ3v) is 4.95. The zero-order valence-electron chi connectivity index (χ0n) is 14.0. The van der Waals surface area contributed by atoms with Crippen LogP contribution in [0.15, 0.2) is 0 Å². The summed E-state index contributed by atoms with van der Waals surface area (Å²) in [6, 6.07) is 2.37. The summed E-state index contributed by atoms with van der Waals surface area (Å²) in [7, 11) is 3.30. The maximum atomic E-state index is 12.6. The van der Waals surface area contributed by atoms with Crippen molar-refractivity contribution in [2.45, 2.75) is 43.7 Å². The highest BCUT2D eigenvalue weighted by atomic mass is 16.5. The van der Waals surface area contributed by atoms with Crippen molar-refractivity contribution in [2.24, 2.45) is 0 Å². The van der Waals surface area contributed by atoms with Crippen LogP contribution in [0.3, 0.4) is 0 Å². The Morgan fingerprint density at radius 1 is 1.39 bits per heavy atom. The summed E-state index contributed by atoms with van der Waals surface area (Å²) in [6.45, 7) is 1.67. The van der Waals surface area contributed by atoms with Crippen molar-refractivity contribution >= 4 is 11.8 Å². The quantitative estimate of drug-likeness (QED) is 0.794. The second-order valence-electron chi connectivity index (χ2n) is 6.37. The first kappa shape index (κ1) is 17.7. The van der Waals surface area contributed by atoms with E-state index in [-0.39, 0.29) is 18.4 Å². The smallest absolute Gasteiger partial charge is 0.250 e. The largest absolute Gasteiger partial charge is 0.366 e. The van der Waals surface area contributed by atoms with E-state index in [4.69, 9.17) is 4.74 Å². The Labute approximate surface area is 137 Å². The van der Waals surface area contributed by atoms with Crippen LogP contribution in [0.1, 0.15) is 32.1 Å². The monoisotopic (exact) mass is 322 g/mol. The van der Waals surface area contributed by atoms with E-state index in [1.807, 2.05) is 4.90 Å². The molecule has 0 spiro atoms. The second kappa shape index (κ2) is 7.75. The molecule has 23 heavy (non-hydrogen) atoms. The lowest BCUT2D eigenvalue weighted by Gasteiger charge is -2.40. The average molecular weight is 322 g/mol. The summed E-state index contributed by atoms with van der Waals surface area (Å²) in [5.41, 5.74) is -0.665. The van der Waals surface area contributed by atoms with Crippen molar-refractivity contribution in [2.75, 3.05) is 40.3 Å². The van der Waals surface area contributed by atoms with Gasteiger partial charge in [0.25, 0.3) is 0 Å². The van der Waals surface area contributed by atoms with Crippen LogP contribution >= 0.6 is 0 Å². The SMILES string of the molecule is CNC(=O)C1CN(CC(=O)N(C)C2(C#N)CCCCC2)CCO1. The fraction of sp³-hybridized carbons (Fsp3) is 0.812. The third-order valence-electron chi connectivity index (χ3n) is 4.95. The Balaban J connectivity index is 1.95. The van der Waals surface area contributed by atoms with Gasteiger partial charge in [-0.25, -0.2) is 0 Å². The van der Waals surface area contributed by atoms with Crippen molar-refractivity contribution in [1.82, 2.24) is 15.1 Å². The molecule has 0 aromatic carbocycles. The van der Waals surface area contributed by atoms with E-state index in [0.29, 0.717) is 19.7 Å². The van der Waals surface area contributed by atoms with Gasteiger partial charge in [0.05, 0.1) is 19.2 Å². The Bertz CT molecular complexity index is 482. The van der Waals surface area contributed by atoms with Crippen LogP contribution in [0, 0.1) is 11.3 Å². The van der Waals surface area contributed by atoms with Crippen LogP contribution in [0.25, 0.3) is 0 Å². The van der Waals surface area contributed by atoms with Crippen LogP contribution in [0.4, 0.5) is 0 Å². The average Bonchev–Trinajstić information content (AvgIpc) is 2.61. The molecule has 2 rings (SSSR count). The highest BCUT2D eigenvalue weighted by Crippen LogP contribution is 2.32. The van der Waals surface area contributed by atoms with E-state index in [9.17, 15) is 14.9 Å². The molecular formula is C16H26N4O3. The van der Waals surface area contributed by atoms with Gasteiger partial charge in [-0.05, 0) is 12.8 Å². The minimum absolute atomic E-state index is 0.0639. The Morgan fingerprint density at radius 2 is 2.09 bits per heavy atom. The van der Waals surface area contributed by atoms with Gasteiger partial charge in [-0.2, -0.15) is 5.26 Å². The summed E-state index contributed by atoms with van der Waals surface area (Å²) < 4.78 is 5.43. The standard InChI is InChI=1S/C16H26N4O3/c1-18-15(22)13-10-20(8-9-23-13)11-14(21)19(2)16(12-17)6-4-3-5-7-16/h13H,3-11H2,1-2H3,(H,18,22). The normalized spacial score (nSPS) is 24.5. The molecule has 2 fully saturated rings. The van der Waals surface area contributed by atoms with E-state index in [1.54, 1.807) is 19.0 Å². The molecule has 7 nitrogen and oxygen atoms in total. The molecule has 1 atom stereocenters. The van der Waals surface area contributed by atoms with Gasteiger partial charge in [0.1, 0.15) is 11.6 Å². The fourth-order valence-electron chi connectivity index (χ4n) is 3.36. The molecule has 1 heterocycles. The number of likely N-dealkylation sites (N-methyl/N-ethyl adjacent to an activating group) is 2. The number of carbonyl (C=O) groups is 2. The van der Waals surface area contributed by atoms with Crippen molar-refractivity contribution in [3.8, 4) is 6.07 Å². The zero-order valence-corrected chi connectivity index (χ0v) is 14.0. The number of hydrogen-bond acceptors (Lipinski definition) is 5. The molecule has 128 valence electrons. The lowest BCUT2D eigenvalue weighted by molar-refractivity contribution is -0.144. The van der Waals surface area contributed by atoms with Gasteiger partial charge in [-0.3, -0.25) is 14.5 Å². The minimum Gasteiger partial charge on any atom is -0.366 e. The molecule has 1 saturated carbocycles. The lowest BCUT2D eigenvalue weighted by atomic mass is 9.81. The topological polar surface area (TPSA) is 85.7 Å². The molecule has 0 bridgehead atoms. The van der Waals surface area contributed by atoms with Crippen LogP contribution in [0.5, 0.6) is 0 Å². The van der Waals surface area contributed by atoms with Crippen LogP contribution < -0.4 is 5.32 Å². The molecule has 0 aromatic heterocycles. The van der Waals surface area contributed by atoms with Gasteiger partial charge >= 0.3 is 0 Å². The number of carbonyl (C=O) groups excluding carboxylic acids is 2. The maximum Gasteiger partial charge on any atom is 0.250 e. The zero-order chi connectivity index (χ0) is 16.9. The number of hydrogen-bond donors (Lipinski definition) is 1. The van der Waals surface area contributed by atoms with Crippen molar-refractivity contribution in [1.29, 1.82) is 5.26 Å². The Morgan fingerprint density at radius 3 is 2.70 bits per heavy atom. The minimum atomic E-state index is -0.665. The number of nitriles is 1. The second-order valence-corrected chi connectivity index (χ2v) is 6.37. The number of ether oxygens (including phenoxy) is 1. The van der Waals surface area contributed by atoms with Gasteiger partial charge in [0, 0.05) is 27.2 Å². The number of morpholine rings is 1. The van der Waals surface area contributed by atoms with E-state index < -0.39 is 11.6 Å². The molecule has 0 radical (unpaired) electrons. The van der Waals surface area contributed by atoms with Crippen LogP contribution in [-0.2, 0) is 14.3 Å². The number of nitrogens with one attached hydrogen (secondary N) is 1. The molecule has 1 N–H and O–H groups in total. The van der Waals surface area contributed by atoms with Gasteiger partial charge < -0.3 is 15.0 Å². The predicted octanol–water partition coefficient (Wildman–Crippen LogP) is 0.118. The van der Waals surface area contributed by atoms with Gasteiger partial charge in [0.2, 0.25) is 11.8 Å². The van der Waals surface area contributed by atoms with Crippen LogP contribution in [-0.4, -0.2) is 73.6 Å². The Kier molecular flexibility index (Phi) is 5.97. The van der Waals surface area contributed by atoms with E-state index >= 15 is 0 Å². The van der Waals surface area contributed by atoms with E-state index in [0.717, 1.165) is 32.1 Å². The highest BCUT2D eigenvalue weighted by Gasteiger charge is 2.39. The number of amides is 2. The predicted molar refractivity (Wildman–Crippen MR) is 84.4 cm³/mol. The fourth-order valence-corrected chi connectivity index (χ4v) is 3.36. The molecule has 1 saturated heterocycles. The highest BCUT2D eigenvalue weighted by molar-refractivity contribution is 5.81. The molecule has 2 amide bonds. The summed E-state index contributed by atoms with van der Waals surface area (Å²) in [5.74, 6) is -0.234. The summed E-state index contributed by atoms with van der Waals surface area (Å²) in [6.07, 6.45) is 4.06. The molecule has 1 aliphatic carbocycles. The number of rotatable bonds is 4. The van der Waals surface area contributed by atoms with Gasteiger partial charge in [-0.15, -0.1) is 0 Å². The van der Waals surface area contributed by atoms with Crippen molar-refractivity contribution in [3.63, 3.8) is 0 Å². The first-order valence-electron chi connectivity index (χ1n) is 8.26. The third kappa shape index (κ3) is 4.01. The van der Waals surface area contributed by atoms with Crippen molar-refractivity contribution < 1.29 is 14.3 Å². The molecule has 1 unspecified atom stereocenters. The summed E-state index contributed by atoms with van der Waals surface area (Å²) >= 11 is 0. The first-order valence-corrected chi connectivity index (χ1v) is 8.26. The summed E-state index contributed by atoms with van der Waals surface area (Å²) in [5, 5.41) is 12.2. The van der Waals surface area contributed by atoms with E-state index in [2.05, 4.69) is 11.4 Å². The van der Waals surface area contributed by atoms with Crippen molar-refractivity contribution in [3.05, 3.63) is 0 Å². The van der Waals surface area contributed by atoms with Crippen LogP contribution in [0.2, 0.25) is 0 Å². The molecule has 2 aliphatic rings. The molecule has 1 aliphatic heterocycles. The van der Waals surface area contributed by atoms with Gasteiger partial charge in [0.15, 0.2) is 0 Å². The van der Waals surface area contributed by atoms with Gasteiger partial charge in [-0.1, -0.05) is 19.3 Å². The first-order chi connectivity index (χ1) is 11.0. The molecule has 0 aromatic rings. The Hall–Kier alpha value is -1.65. The number of nitrogens with zero attached hydrogens (tertiary/aromatic N) is 3. The molecular weight excluding hydrogens is 296 g/mol.